The van der Waals surface area contributed by atoms with Gasteiger partial charge in [0, 0.05) is 112 Å². The molecule has 0 amide bonds. The highest BCUT2D eigenvalue weighted by Crippen LogP contribution is 2.47. The number of nitrogen functional groups attached to an aromatic ring is 1. The van der Waals surface area contributed by atoms with Crippen LogP contribution in [0.25, 0.3) is 66.1 Å². The number of hydrogen-bond acceptors (Lipinski definition) is 8. The number of hydrogen-bond donors (Lipinski definition) is 2. The van der Waals surface area contributed by atoms with E-state index in [1.165, 1.54) is 0 Å². The number of halogens is 1. The van der Waals surface area contributed by atoms with Crippen LogP contribution in [-0.4, -0.2) is 0 Å². The molecular weight excluding hydrogens is 1300 g/mol. The van der Waals surface area contributed by atoms with Crippen molar-refractivity contribution in [2.45, 2.75) is 0 Å². The van der Waals surface area contributed by atoms with Gasteiger partial charge in [0.2, 0.25) is 0 Å². The number of para-hydroxylation sites is 12. The second-order valence-corrected chi connectivity index (χ2v) is 25.7. The zero-order valence-electron chi connectivity index (χ0n) is 57.3. The Hall–Kier alpha value is -13.8. The first-order valence-corrected chi connectivity index (χ1v) is 35.4. The van der Waals surface area contributed by atoms with Crippen molar-refractivity contribution in [3.63, 3.8) is 0 Å². The van der Waals surface area contributed by atoms with Crippen LogP contribution in [0.2, 0.25) is 5.02 Å². The highest BCUT2D eigenvalue weighted by Gasteiger charge is 2.23. The third-order valence-corrected chi connectivity index (χ3v) is 18.7. The quantitative estimate of drug-likeness (QED) is 0.0927. The summed E-state index contributed by atoms with van der Waals surface area (Å²) in [4.78, 5) is 9.08. The Morgan fingerprint density at radius 2 is 0.495 bits per heavy atom. The van der Waals surface area contributed by atoms with E-state index in [-0.39, 0.29) is 0 Å². The summed E-state index contributed by atoms with van der Waals surface area (Å²) in [5.74, 6) is 0. The van der Waals surface area contributed by atoms with Gasteiger partial charge in [-0.05, 0) is 181 Å². The first kappa shape index (κ1) is 65.8. The van der Waals surface area contributed by atoms with Gasteiger partial charge >= 0.3 is 0 Å². The van der Waals surface area contributed by atoms with Gasteiger partial charge in [-0.25, -0.2) is 0 Å². The largest absolute Gasteiger partial charge is 0.456 e. The van der Waals surface area contributed by atoms with E-state index in [4.69, 9.17) is 26.2 Å². The number of fused-ring (bicyclic) bond motifs is 6. The highest BCUT2D eigenvalue weighted by molar-refractivity contribution is 6.31. The molecule has 0 aliphatic heterocycles. The van der Waals surface area contributed by atoms with Gasteiger partial charge in [-0.3, -0.25) is 0 Å². The smallest absolute Gasteiger partial charge is 0.136 e. The number of benzene rings is 16. The van der Waals surface area contributed by atoms with Crippen LogP contribution in [0, 0.1) is 0 Å². The predicted octanol–water partition coefficient (Wildman–Crippen LogP) is 28.1. The molecule has 0 aliphatic rings. The number of rotatable bonds is 16. The van der Waals surface area contributed by atoms with Crippen molar-refractivity contribution in [3.8, 4) is 22.3 Å². The summed E-state index contributed by atoms with van der Waals surface area (Å²) in [6.07, 6.45) is 0. The Balaban J connectivity index is 0.000000135. The molecule has 0 atom stereocenters. The molecule has 8 nitrogen and oxygen atoms in total. The molecule has 0 spiro atoms. The van der Waals surface area contributed by atoms with Crippen molar-refractivity contribution in [1.82, 2.24) is 0 Å². The van der Waals surface area contributed by atoms with E-state index in [0.29, 0.717) is 5.02 Å². The third-order valence-electron chi connectivity index (χ3n) is 18.5. The minimum atomic E-state index is 0.677. The Morgan fingerprint density at radius 3 is 0.848 bits per heavy atom. The number of nitrogens with zero attached hydrogens (tertiary/aromatic N) is 4. The minimum Gasteiger partial charge on any atom is -0.456 e. The second kappa shape index (κ2) is 30.6. The van der Waals surface area contributed by atoms with Crippen molar-refractivity contribution in [2.24, 2.45) is 0 Å². The molecule has 105 heavy (non-hydrogen) atoms. The molecule has 0 fully saturated rings. The Morgan fingerprint density at radius 1 is 0.229 bits per heavy atom. The van der Waals surface area contributed by atoms with Gasteiger partial charge in [-0.2, -0.15) is 0 Å². The molecule has 0 bridgehead atoms. The SMILES string of the molecule is Clc1cc(N(c2ccccc2)c2ccccc2)cc(N(c2ccccc2)c2ccccc2)c1.Nc1ccccc1-c1cccc2oc3ccccc3c12.c1ccc(N(c2ccccc2)c2cc(Nc3ccccc3-c3cccc4oc5ccccc5c34)cc(N(c3ccccc3)c3ccccc3)c2)cc1. The van der Waals surface area contributed by atoms with Gasteiger partial charge in [0.05, 0.1) is 11.4 Å². The molecular formula is C96H71ClN6O2. The van der Waals surface area contributed by atoms with E-state index >= 15 is 0 Å². The van der Waals surface area contributed by atoms with E-state index in [1.54, 1.807) is 0 Å². The van der Waals surface area contributed by atoms with E-state index in [2.05, 4.69) is 328 Å². The van der Waals surface area contributed by atoms with Crippen LogP contribution >= 0.6 is 11.6 Å². The molecule has 0 saturated carbocycles. The number of furan rings is 2. The topological polar surface area (TPSA) is 77.3 Å². The molecule has 3 N–H and O–H groups in total. The number of anilines is 15. The fraction of sp³-hybridized carbons (Fsp3) is 0. The molecule has 0 unspecified atom stereocenters. The van der Waals surface area contributed by atoms with E-state index in [9.17, 15) is 0 Å². The zero-order chi connectivity index (χ0) is 70.7. The van der Waals surface area contributed by atoms with Crippen LogP contribution in [0.1, 0.15) is 0 Å². The second-order valence-electron chi connectivity index (χ2n) is 25.2. The normalized spacial score (nSPS) is 10.9. The van der Waals surface area contributed by atoms with Gasteiger partial charge in [-0.15, -0.1) is 0 Å². The van der Waals surface area contributed by atoms with Crippen LogP contribution < -0.4 is 30.7 Å². The molecule has 0 saturated heterocycles. The summed E-state index contributed by atoms with van der Waals surface area (Å²) in [5.41, 5.74) is 29.4. The lowest BCUT2D eigenvalue weighted by molar-refractivity contribution is 0.668. The summed E-state index contributed by atoms with van der Waals surface area (Å²) in [6.45, 7) is 0. The summed E-state index contributed by atoms with van der Waals surface area (Å²) in [6, 6.07) is 142. The lowest BCUT2D eigenvalue weighted by atomic mass is 9.98. The molecule has 2 aromatic heterocycles. The van der Waals surface area contributed by atoms with Gasteiger partial charge in [0.15, 0.2) is 0 Å². The molecule has 2 heterocycles. The summed E-state index contributed by atoms with van der Waals surface area (Å²) >= 11 is 6.73. The fourth-order valence-corrected chi connectivity index (χ4v) is 14.1. The Labute approximate surface area is 616 Å². The number of nitrogens with two attached hydrogens (primary N) is 1. The fourth-order valence-electron chi connectivity index (χ4n) is 13.9. The van der Waals surface area contributed by atoms with Gasteiger partial charge in [0.25, 0.3) is 0 Å². The minimum absolute atomic E-state index is 0.677. The van der Waals surface area contributed by atoms with Crippen LogP contribution in [0.5, 0.6) is 0 Å². The van der Waals surface area contributed by atoms with Crippen molar-refractivity contribution >= 4 is 141 Å². The number of nitrogens with one attached hydrogen (secondary N) is 1. The van der Waals surface area contributed by atoms with Crippen molar-refractivity contribution in [2.75, 3.05) is 30.7 Å². The molecule has 9 heteroatoms. The van der Waals surface area contributed by atoms with Crippen molar-refractivity contribution in [1.29, 1.82) is 0 Å². The molecule has 0 aliphatic carbocycles. The maximum atomic E-state index is 6.73. The first-order valence-electron chi connectivity index (χ1n) is 35.0. The summed E-state index contributed by atoms with van der Waals surface area (Å²) < 4.78 is 12.2. The van der Waals surface area contributed by atoms with Crippen molar-refractivity contribution in [3.05, 3.63) is 418 Å². The van der Waals surface area contributed by atoms with Crippen LogP contribution in [0.4, 0.5) is 85.3 Å². The monoisotopic (exact) mass is 1370 g/mol. The average Bonchev–Trinajstić information content (AvgIpc) is 1.73. The van der Waals surface area contributed by atoms with Crippen molar-refractivity contribution < 1.29 is 8.83 Å². The van der Waals surface area contributed by atoms with Gasteiger partial charge in [0.1, 0.15) is 22.3 Å². The van der Waals surface area contributed by atoms with E-state index < -0.39 is 0 Å². The van der Waals surface area contributed by atoms with Crippen LogP contribution in [0.3, 0.4) is 0 Å². The zero-order valence-corrected chi connectivity index (χ0v) is 58.1. The lowest BCUT2D eigenvalue weighted by Gasteiger charge is -2.30. The maximum absolute atomic E-state index is 6.73. The third kappa shape index (κ3) is 14.2. The molecule has 16 aromatic carbocycles. The van der Waals surface area contributed by atoms with Crippen LogP contribution in [-0.2, 0) is 0 Å². The molecule has 18 aromatic rings. The molecule has 0 radical (unpaired) electrons. The predicted molar refractivity (Wildman–Crippen MR) is 443 cm³/mol. The average molecular weight is 1380 g/mol. The highest BCUT2D eigenvalue weighted by atomic mass is 35.5. The molecule has 18 rings (SSSR count). The Kier molecular flexibility index (Phi) is 19.2. The Bertz CT molecular complexity index is 5570. The molecule has 504 valence electrons. The van der Waals surface area contributed by atoms with E-state index in [0.717, 1.165) is 151 Å². The van der Waals surface area contributed by atoms with Gasteiger partial charge < -0.3 is 39.5 Å². The summed E-state index contributed by atoms with van der Waals surface area (Å²) in [5, 5.41) is 9.04. The van der Waals surface area contributed by atoms with Gasteiger partial charge in [-0.1, -0.05) is 254 Å². The maximum Gasteiger partial charge on any atom is 0.136 e. The van der Waals surface area contributed by atoms with Crippen LogP contribution in [0.15, 0.2) is 421 Å². The lowest BCUT2D eigenvalue weighted by Crippen LogP contribution is -2.13. The summed E-state index contributed by atoms with van der Waals surface area (Å²) in [7, 11) is 0. The standard InChI is InChI=1S/C48H35N3O.C30H23ClN2.C18H13NO/c1-5-18-36(19-6-1)50(37-20-7-2-8-21-37)40-32-35(33-41(34-40)51(38-22-9-3-10-23-38)39-24-11-4-12-25-39)49-45-29-15-13-26-42(45)43-28-17-31-47-48(43)44-27-14-16-30-46(44)52-47;31-24-21-29(32(25-13-5-1-6-14-25)26-15-7-2-8-16-26)23-30(22-24)33(27-17-9-3-10-18-27)28-19-11-4-12-20-28;19-15-9-3-1-6-12(15)13-8-5-11-17-18(13)14-7-2-4-10-16(14)20-17/h1-34,49H;1-23H;1-11H,19H2. The van der Waals surface area contributed by atoms with E-state index in [1.807, 2.05) is 109 Å². The first-order chi connectivity index (χ1) is 51.9.